The molecule has 0 radical (unpaired) electrons. The third kappa shape index (κ3) is 6.91. The zero-order valence-corrected chi connectivity index (χ0v) is 22.9. The van der Waals surface area contributed by atoms with Crippen LogP contribution in [0.5, 0.6) is 0 Å². The van der Waals surface area contributed by atoms with E-state index in [0.717, 1.165) is 48.9 Å². The van der Waals surface area contributed by atoms with E-state index in [1.54, 1.807) is 19.9 Å². The molecule has 1 aliphatic carbocycles. The van der Waals surface area contributed by atoms with E-state index in [4.69, 9.17) is 21.1 Å². The Morgan fingerprint density at radius 2 is 2.08 bits per heavy atom. The van der Waals surface area contributed by atoms with Gasteiger partial charge >= 0.3 is 5.97 Å². The summed E-state index contributed by atoms with van der Waals surface area (Å²) in [5.74, 6) is -0.0939. The van der Waals surface area contributed by atoms with E-state index >= 15 is 0 Å². The highest BCUT2D eigenvalue weighted by atomic mass is 35.5. The van der Waals surface area contributed by atoms with E-state index in [1.807, 2.05) is 30.3 Å². The molecule has 7 heteroatoms. The van der Waals surface area contributed by atoms with Gasteiger partial charge in [-0.25, -0.2) is 4.39 Å². The number of aryl methyl sites for hydroxylation is 2. The van der Waals surface area contributed by atoms with Crippen molar-refractivity contribution in [3.8, 4) is 0 Å². The Hall–Kier alpha value is -1.99. The number of likely N-dealkylation sites (tertiary alicyclic amines) is 1. The van der Waals surface area contributed by atoms with Gasteiger partial charge in [-0.15, -0.1) is 0 Å². The van der Waals surface area contributed by atoms with E-state index < -0.39 is 11.7 Å². The van der Waals surface area contributed by atoms with Crippen LogP contribution in [0.25, 0.3) is 0 Å². The summed E-state index contributed by atoms with van der Waals surface area (Å²) in [4.78, 5) is 14.2. The van der Waals surface area contributed by atoms with Crippen LogP contribution in [0.1, 0.15) is 61.8 Å². The van der Waals surface area contributed by atoms with Crippen LogP contribution >= 0.6 is 11.6 Å². The zero-order valence-electron chi connectivity index (χ0n) is 22.1. The second kappa shape index (κ2) is 12.2. The van der Waals surface area contributed by atoms with Gasteiger partial charge < -0.3 is 14.6 Å². The van der Waals surface area contributed by atoms with Crippen LogP contribution in [0.2, 0.25) is 5.02 Å². The summed E-state index contributed by atoms with van der Waals surface area (Å²) >= 11 is 6.36. The van der Waals surface area contributed by atoms with Gasteiger partial charge in [0.2, 0.25) is 0 Å². The molecule has 202 valence electrons. The molecule has 1 heterocycles. The normalized spacial score (nSPS) is 24.3. The van der Waals surface area contributed by atoms with Crippen LogP contribution in [0.15, 0.2) is 36.4 Å². The summed E-state index contributed by atoms with van der Waals surface area (Å²) in [5, 5.41) is 11.6. The molecule has 2 unspecified atom stereocenters. The third-order valence-electron chi connectivity index (χ3n) is 7.86. The number of aliphatic hydroxyl groups excluding tert-OH is 1. The average molecular weight is 532 g/mol. The number of β-amino-alcohol motifs (C(OH)–C–C–N with tert-alkyl or cyclic N) is 1. The summed E-state index contributed by atoms with van der Waals surface area (Å²) in [7, 11) is 0. The SMILES string of the molecule is CCOC(=O)CCc1ccc(Cl)cc1C1(OC[C@H](O)CN2CCC[C@H]2Cc2ccc(C)c(F)c2)CC1C. The predicted octanol–water partition coefficient (Wildman–Crippen LogP) is 5.60. The van der Waals surface area contributed by atoms with Gasteiger partial charge in [0.05, 0.1) is 24.9 Å². The quantitative estimate of drug-likeness (QED) is 0.361. The van der Waals surface area contributed by atoms with Crippen LogP contribution in [-0.2, 0) is 32.7 Å². The lowest BCUT2D eigenvalue weighted by atomic mass is 9.95. The highest BCUT2D eigenvalue weighted by Crippen LogP contribution is 2.56. The van der Waals surface area contributed by atoms with Gasteiger partial charge in [-0.3, -0.25) is 9.69 Å². The first-order valence-electron chi connectivity index (χ1n) is 13.5. The number of carbonyl (C=O) groups excluding carboxylic acids is 1. The van der Waals surface area contributed by atoms with E-state index in [2.05, 4.69) is 11.8 Å². The van der Waals surface area contributed by atoms with Crippen molar-refractivity contribution in [3.05, 3.63) is 69.5 Å². The van der Waals surface area contributed by atoms with Crippen molar-refractivity contribution in [2.45, 2.75) is 77.0 Å². The van der Waals surface area contributed by atoms with Crippen LogP contribution in [0.4, 0.5) is 4.39 Å². The fourth-order valence-corrected chi connectivity index (χ4v) is 5.82. The second-order valence-electron chi connectivity index (χ2n) is 10.6. The summed E-state index contributed by atoms with van der Waals surface area (Å²) in [5.41, 5.74) is 3.18. The van der Waals surface area contributed by atoms with Gasteiger partial charge in [0.15, 0.2) is 0 Å². The number of halogens is 2. The highest BCUT2D eigenvalue weighted by molar-refractivity contribution is 6.30. The summed E-state index contributed by atoms with van der Waals surface area (Å²) in [6.07, 6.45) is 3.95. The Balaban J connectivity index is 1.37. The van der Waals surface area contributed by atoms with Gasteiger partial charge in [0.25, 0.3) is 0 Å². The molecule has 2 fully saturated rings. The molecule has 5 nitrogen and oxygen atoms in total. The molecule has 0 aromatic heterocycles. The number of esters is 1. The molecule has 4 atom stereocenters. The molecule has 1 N–H and O–H groups in total. The van der Waals surface area contributed by atoms with Crippen LogP contribution in [0, 0.1) is 18.7 Å². The minimum atomic E-state index is -0.637. The van der Waals surface area contributed by atoms with Gasteiger partial charge in [-0.2, -0.15) is 0 Å². The minimum Gasteiger partial charge on any atom is -0.466 e. The predicted molar refractivity (Wildman–Crippen MR) is 143 cm³/mol. The molecule has 0 amide bonds. The first-order chi connectivity index (χ1) is 17.7. The highest BCUT2D eigenvalue weighted by Gasteiger charge is 2.55. The molecule has 1 saturated carbocycles. The topological polar surface area (TPSA) is 59.0 Å². The van der Waals surface area contributed by atoms with Crippen molar-refractivity contribution in [2.24, 2.45) is 5.92 Å². The van der Waals surface area contributed by atoms with Crippen molar-refractivity contribution in [3.63, 3.8) is 0 Å². The number of benzene rings is 2. The van der Waals surface area contributed by atoms with E-state index in [0.29, 0.717) is 36.6 Å². The lowest BCUT2D eigenvalue weighted by Crippen LogP contribution is -2.39. The third-order valence-corrected chi connectivity index (χ3v) is 8.10. The van der Waals surface area contributed by atoms with Gasteiger partial charge in [0, 0.05) is 24.0 Å². The molecule has 2 aliphatic rings. The van der Waals surface area contributed by atoms with Crippen LogP contribution < -0.4 is 0 Å². The monoisotopic (exact) mass is 531 g/mol. The van der Waals surface area contributed by atoms with Gasteiger partial charge in [-0.1, -0.05) is 36.7 Å². The number of nitrogens with zero attached hydrogens (tertiary/aromatic N) is 1. The Labute approximate surface area is 224 Å². The van der Waals surface area contributed by atoms with Crippen LogP contribution in [0.3, 0.4) is 0 Å². The van der Waals surface area contributed by atoms with Crippen molar-refractivity contribution in [1.82, 2.24) is 4.90 Å². The largest absolute Gasteiger partial charge is 0.466 e. The first-order valence-corrected chi connectivity index (χ1v) is 13.8. The lowest BCUT2D eigenvalue weighted by Gasteiger charge is -2.29. The first kappa shape index (κ1) is 28.0. The number of carbonyl (C=O) groups is 1. The van der Waals surface area contributed by atoms with E-state index in [1.165, 1.54) is 0 Å². The smallest absolute Gasteiger partial charge is 0.306 e. The molecule has 0 bridgehead atoms. The number of hydrogen-bond donors (Lipinski definition) is 1. The Bertz CT molecular complexity index is 1100. The number of rotatable bonds is 12. The fourth-order valence-electron chi connectivity index (χ4n) is 5.65. The van der Waals surface area contributed by atoms with Crippen molar-refractivity contribution in [2.75, 3.05) is 26.3 Å². The standard InChI is InChI=1S/C30H39ClFNO4/c1-4-36-29(35)12-10-23-9-11-24(31)16-27(23)30(17-21(30)3)37-19-26(34)18-33-13-5-6-25(33)14-22-8-7-20(2)28(32)15-22/h7-9,11,15-16,21,25-26,34H,4-6,10,12-14,17-19H2,1-3H3/t21?,25-,26+,30?/m0/s1. The minimum absolute atomic E-state index is 0.165. The Kier molecular flexibility index (Phi) is 9.28. The number of aliphatic hydroxyl groups is 1. The van der Waals surface area contributed by atoms with E-state index in [-0.39, 0.29) is 30.4 Å². The average Bonchev–Trinajstić information content (AvgIpc) is 3.33. The molecule has 2 aromatic carbocycles. The zero-order chi connectivity index (χ0) is 26.6. The molecule has 2 aromatic rings. The molecule has 1 saturated heterocycles. The summed E-state index contributed by atoms with van der Waals surface area (Å²) in [6, 6.07) is 11.5. The van der Waals surface area contributed by atoms with E-state index in [9.17, 15) is 14.3 Å². The Morgan fingerprint density at radius 3 is 2.78 bits per heavy atom. The maximum atomic E-state index is 14.0. The number of ether oxygens (including phenoxy) is 2. The molecular weight excluding hydrogens is 493 g/mol. The van der Waals surface area contributed by atoms with Gasteiger partial charge in [-0.05, 0) is 98.9 Å². The summed E-state index contributed by atoms with van der Waals surface area (Å²) < 4.78 is 25.6. The van der Waals surface area contributed by atoms with Crippen molar-refractivity contribution in [1.29, 1.82) is 0 Å². The molecule has 37 heavy (non-hydrogen) atoms. The fraction of sp³-hybridized carbons (Fsp3) is 0.567. The van der Waals surface area contributed by atoms with Crippen molar-refractivity contribution < 1.29 is 23.8 Å². The van der Waals surface area contributed by atoms with Crippen molar-refractivity contribution >= 4 is 17.6 Å². The summed E-state index contributed by atoms with van der Waals surface area (Å²) in [6.45, 7) is 7.75. The maximum Gasteiger partial charge on any atom is 0.306 e. The van der Waals surface area contributed by atoms with Gasteiger partial charge in [0.1, 0.15) is 5.82 Å². The molecule has 0 spiro atoms. The lowest BCUT2D eigenvalue weighted by molar-refractivity contribution is -0.143. The number of hydrogen-bond acceptors (Lipinski definition) is 5. The molecule has 1 aliphatic heterocycles. The van der Waals surface area contributed by atoms with Crippen LogP contribution in [-0.4, -0.2) is 54.4 Å². The molecule has 4 rings (SSSR count). The second-order valence-corrected chi connectivity index (χ2v) is 11.1. The Morgan fingerprint density at radius 1 is 1.30 bits per heavy atom. The molecular formula is C30H39ClFNO4. The maximum absolute atomic E-state index is 14.0.